The summed E-state index contributed by atoms with van der Waals surface area (Å²) in [5.41, 5.74) is 0. The van der Waals surface area contributed by atoms with Crippen LogP contribution in [0.1, 0.15) is 39.5 Å². The zero-order valence-corrected chi connectivity index (χ0v) is 11.2. The summed E-state index contributed by atoms with van der Waals surface area (Å²) in [7, 11) is 0. The number of esters is 1. The standard InChI is InChI=1S/C13H23NO4/c1-4-7-8-11(12(15)17-9-5-2)14-13(16)18-10-6-3/h6,11H,3-5,7-10H2,1-2H3,(H,14,16). The van der Waals surface area contributed by atoms with Crippen molar-refractivity contribution in [2.75, 3.05) is 13.2 Å². The first-order valence-corrected chi connectivity index (χ1v) is 6.36. The van der Waals surface area contributed by atoms with Crippen LogP contribution in [0.2, 0.25) is 0 Å². The molecule has 0 fully saturated rings. The van der Waals surface area contributed by atoms with Gasteiger partial charge in [0.1, 0.15) is 12.6 Å². The Hall–Kier alpha value is -1.52. The lowest BCUT2D eigenvalue weighted by molar-refractivity contribution is -0.146. The van der Waals surface area contributed by atoms with E-state index in [4.69, 9.17) is 9.47 Å². The van der Waals surface area contributed by atoms with Crippen molar-refractivity contribution in [1.29, 1.82) is 0 Å². The van der Waals surface area contributed by atoms with Crippen molar-refractivity contribution in [3.8, 4) is 0 Å². The molecular formula is C13H23NO4. The monoisotopic (exact) mass is 257 g/mol. The number of nitrogens with one attached hydrogen (secondary N) is 1. The predicted molar refractivity (Wildman–Crippen MR) is 69.2 cm³/mol. The van der Waals surface area contributed by atoms with Gasteiger partial charge in [-0.25, -0.2) is 9.59 Å². The highest BCUT2D eigenvalue weighted by Crippen LogP contribution is 2.04. The first-order chi connectivity index (χ1) is 8.65. The molecule has 0 heterocycles. The van der Waals surface area contributed by atoms with E-state index in [1.54, 1.807) is 0 Å². The Kier molecular flexibility index (Phi) is 9.73. The van der Waals surface area contributed by atoms with Gasteiger partial charge in [0.05, 0.1) is 6.61 Å². The van der Waals surface area contributed by atoms with E-state index < -0.39 is 18.1 Å². The summed E-state index contributed by atoms with van der Waals surface area (Å²) >= 11 is 0. The van der Waals surface area contributed by atoms with Crippen molar-refractivity contribution in [2.45, 2.75) is 45.6 Å². The Morgan fingerprint density at radius 1 is 1.28 bits per heavy atom. The highest BCUT2D eigenvalue weighted by Gasteiger charge is 2.21. The number of ether oxygens (including phenoxy) is 2. The first kappa shape index (κ1) is 16.5. The summed E-state index contributed by atoms with van der Waals surface area (Å²) in [6, 6.07) is -0.631. The lowest BCUT2D eigenvalue weighted by Crippen LogP contribution is -2.42. The van der Waals surface area contributed by atoms with Crippen LogP contribution >= 0.6 is 0 Å². The highest BCUT2D eigenvalue weighted by molar-refractivity contribution is 5.81. The van der Waals surface area contributed by atoms with Crippen LogP contribution in [-0.2, 0) is 14.3 Å². The maximum atomic E-state index is 11.7. The van der Waals surface area contributed by atoms with Crippen LogP contribution in [-0.4, -0.2) is 31.3 Å². The van der Waals surface area contributed by atoms with Crippen molar-refractivity contribution in [2.24, 2.45) is 0 Å². The van der Waals surface area contributed by atoms with Crippen LogP contribution in [0.25, 0.3) is 0 Å². The van der Waals surface area contributed by atoms with Gasteiger partial charge >= 0.3 is 12.1 Å². The summed E-state index contributed by atoms with van der Waals surface area (Å²) in [5, 5.41) is 2.51. The van der Waals surface area contributed by atoms with Gasteiger partial charge in [-0.15, -0.1) is 0 Å². The maximum absolute atomic E-state index is 11.7. The molecular weight excluding hydrogens is 234 g/mol. The van der Waals surface area contributed by atoms with Crippen LogP contribution in [0.5, 0.6) is 0 Å². The van der Waals surface area contributed by atoms with Gasteiger partial charge in [-0.3, -0.25) is 0 Å². The van der Waals surface area contributed by atoms with E-state index in [9.17, 15) is 9.59 Å². The molecule has 0 aromatic carbocycles. The van der Waals surface area contributed by atoms with Crippen LogP contribution in [0.4, 0.5) is 4.79 Å². The van der Waals surface area contributed by atoms with E-state index in [-0.39, 0.29) is 6.61 Å². The number of carbonyl (C=O) groups is 2. The van der Waals surface area contributed by atoms with Gasteiger partial charge in [0, 0.05) is 0 Å². The molecule has 0 radical (unpaired) electrons. The molecule has 0 saturated carbocycles. The lowest BCUT2D eigenvalue weighted by Gasteiger charge is -2.16. The predicted octanol–water partition coefficient (Wildman–Crippen LogP) is 2.41. The molecule has 0 bridgehead atoms. The van der Waals surface area contributed by atoms with Crippen molar-refractivity contribution in [3.63, 3.8) is 0 Å². The van der Waals surface area contributed by atoms with Crippen molar-refractivity contribution in [1.82, 2.24) is 5.32 Å². The summed E-state index contributed by atoms with van der Waals surface area (Å²) in [4.78, 5) is 23.1. The molecule has 1 atom stereocenters. The van der Waals surface area contributed by atoms with E-state index in [2.05, 4.69) is 11.9 Å². The Morgan fingerprint density at radius 2 is 2.00 bits per heavy atom. The van der Waals surface area contributed by atoms with Crippen molar-refractivity contribution < 1.29 is 19.1 Å². The number of alkyl carbamates (subject to hydrolysis) is 1. The molecule has 0 aromatic heterocycles. The van der Waals surface area contributed by atoms with E-state index >= 15 is 0 Å². The van der Waals surface area contributed by atoms with Gasteiger partial charge in [0.2, 0.25) is 0 Å². The Morgan fingerprint density at radius 3 is 2.56 bits per heavy atom. The average Bonchev–Trinajstić information content (AvgIpc) is 2.38. The quantitative estimate of drug-likeness (QED) is 0.509. The minimum absolute atomic E-state index is 0.121. The van der Waals surface area contributed by atoms with Crippen LogP contribution < -0.4 is 5.32 Å². The third kappa shape index (κ3) is 7.70. The molecule has 0 aliphatic carbocycles. The van der Waals surface area contributed by atoms with E-state index in [1.807, 2.05) is 13.8 Å². The number of amides is 1. The normalized spacial score (nSPS) is 11.4. The second kappa shape index (κ2) is 10.6. The SMILES string of the molecule is C=CCOC(=O)NC(CCCC)C(=O)OCCC. The molecule has 104 valence electrons. The molecule has 0 aromatic rings. The molecule has 18 heavy (non-hydrogen) atoms. The van der Waals surface area contributed by atoms with Crippen molar-refractivity contribution in [3.05, 3.63) is 12.7 Å². The number of hydrogen-bond acceptors (Lipinski definition) is 4. The summed E-state index contributed by atoms with van der Waals surface area (Å²) in [5.74, 6) is -0.402. The van der Waals surface area contributed by atoms with Gasteiger partial charge in [-0.1, -0.05) is 39.3 Å². The zero-order valence-electron chi connectivity index (χ0n) is 11.2. The molecule has 5 nitrogen and oxygen atoms in total. The summed E-state index contributed by atoms with van der Waals surface area (Å²) in [6.07, 6.45) is 3.95. The van der Waals surface area contributed by atoms with Crippen molar-refractivity contribution >= 4 is 12.1 Å². The lowest BCUT2D eigenvalue weighted by atomic mass is 10.1. The second-order valence-corrected chi connectivity index (χ2v) is 3.89. The third-order valence-corrected chi connectivity index (χ3v) is 2.20. The van der Waals surface area contributed by atoms with E-state index in [0.29, 0.717) is 13.0 Å². The molecule has 5 heteroatoms. The van der Waals surface area contributed by atoms with Gasteiger partial charge in [-0.2, -0.15) is 0 Å². The molecule has 0 saturated heterocycles. The number of carbonyl (C=O) groups excluding carboxylic acids is 2. The zero-order chi connectivity index (χ0) is 13.8. The minimum atomic E-state index is -0.631. The van der Waals surface area contributed by atoms with Crippen LogP contribution in [0.15, 0.2) is 12.7 Å². The Balaban J connectivity index is 4.23. The second-order valence-electron chi connectivity index (χ2n) is 3.89. The molecule has 1 unspecified atom stereocenters. The third-order valence-electron chi connectivity index (χ3n) is 2.20. The topological polar surface area (TPSA) is 64.6 Å². The average molecular weight is 257 g/mol. The van der Waals surface area contributed by atoms with E-state index in [1.165, 1.54) is 6.08 Å². The largest absolute Gasteiger partial charge is 0.464 e. The van der Waals surface area contributed by atoms with Gasteiger partial charge < -0.3 is 14.8 Å². The smallest absolute Gasteiger partial charge is 0.408 e. The number of hydrogen-bond donors (Lipinski definition) is 1. The maximum Gasteiger partial charge on any atom is 0.408 e. The fourth-order valence-electron chi connectivity index (χ4n) is 1.28. The van der Waals surface area contributed by atoms with E-state index in [0.717, 1.165) is 19.3 Å². The molecule has 0 spiro atoms. The highest BCUT2D eigenvalue weighted by atomic mass is 16.6. The molecule has 1 amide bonds. The van der Waals surface area contributed by atoms with Crippen LogP contribution in [0.3, 0.4) is 0 Å². The first-order valence-electron chi connectivity index (χ1n) is 6.36. The fraction of sp³-hybridized carbons (Fsp3) is 0.692. The van der Waals surface area contributed by atoms with Gasteiger partial charge in [0.25, 0.3) is 0 Å². The van der Waals surface area contributed by atoms with Gasteiger partial charge in [0.15, 0.2) is 0 Å². The Bertz CT molecular complexity index is 266. The number of rotatable bonds is 9. The van der Waals surface area contributed by atoms with Gasteiger partial charge in [-0.05, 0) is 12.8 Å². The summed E-state index contributed by atoms with van der Waals surface area (Å²) in [6.45, 7) is 7.86. The molecule has 0 rings (SSSR count). The molecule has 1 N–H and O–H groups in total. The fourth-order valence-corrected chi connectivity index (χ4v) is 1.28. The summed E-state index contributed by atoms with van der Waals surface area (Å²) < 4.78 is 9.81. The van der Waals surface area contributed by atoms with Crippen LogP contribution in [0, 0.1) is 0 Å². The molecule has 0 aliphatic rings. The molecule has 0 aliphatic heterocycles. The number of unbranched alkanes of at least 4 members (excludes halogenated alkanes) is 1. The Labute approximate surface area is 109 Å². The minimum Gasteiger partial charge on any atom is -0.464 e.